The maximum Gasteiger partial charge on any atom is 0.341 e. The summed E-state index contributed by atoms with van der Waals surface area (Å²) in [7, 11) is 0. The predicted molar refractivity (Wildman–Crippen MR) is 77.3 cm³/mol. The Morgan fingerprint density at radius 3 is 2.73 bits per heavy atom. The van der Waals surface area contributed by atoms with E-state index >= 15 is 0 Å². The van der Waals surface area contributed by atoms with Crippen molar-refractivity contribution in [3.63, 3.8) is 0 Å². The summed E-state index contributed by atoms with van der Waals surface area (Å²) in [5.74, 6) is 0.0552. The molecule has 0 N–H and O–H groups in total. The summed E-state index contributed by atoms with van der Waals surface area (Å²) in [6, 6.07) is 7.00. The minimum Gasteiger partial charge on any atom is -0.486 e. The van der Waals surface area contributed by atoms with E-state index in [4.69, 9.17) is 19.5 Å². The fourth-order valence-corrected chi connectivity index (χ4v) is 1.89. The maximum atomic E-state index is 11.9. The number of fused-ring (bicyclic) bond motifs is 1. The number of hydrogen-bond donors (Lipinski definition) is 0. The first kappa shape index (κ1) is 15.6. The highest BCUT2D eigenvalue weighted by atomic mass is 16.6. The Morgan fingerprint density at radius 1 is 1.32 bits per heavy atom. The highest BCUT2D eigenvalue weighted by Gasteiger charge is 2.17. The van der Waals surface area contributed by atoms with Crippen LogP contribution in [0, 0.1) is 11.3 Å². The molecule has 0 amide bonds. The van der Waals surface area contributed by atoms with Gasteiger partial charge in [0.15, 0.2) is 17.3 Å². The second kappa shape index (κ2) is 7.27. The molecule has 1 aliphatic rings. The molecule has 0 unspecified atom stereocenters. The minimum absolute atomic E-state index is 0.0406. The molecule has 1 aromatic rings. The molecule has 0 saturated heterocycles. The van der Waals surface area contributed by atoms with Gasteiger partial charge in [-0.1, -0.05) is 6.07 Å². The van der Waals surface area contributed by atoms with Gasteiger partial charge in [-0.25, -0.2) is 4.79 Å². The Labute approximate surface area is 127 Å². The van der Waals surface area contributed by atoms with Crippen molar-refractivity contribution < 1.29 is 23.8 Å². The second-order valence-corrected chi connectivity index (χ2v) is 4.56. The number of hydrogen-bond acceptors (Lipinski definition) is 6. The molecular formula is C16H15NO5. The number of ketones is 1. The lowest BCUT2D eigenvalue weighted by Gasteiger charge is -2.18. The SMILES string of the molecule is CC(=O)/C(=C\c1ccc2c(c1)OCCO2)C(=O)OCCC#N. The van der Waals surface area contributed by atoms with Gasteiger partial charge >= 0.3 is 5.97 Å². The lowest BCUT2D eigenvalue weighted by Crippen LogP contribution is -2.15. The number of carbonyl (C=O) groups is 2. The number of rotatable bonds is 5. The predicted octanol–water partition coefficient (Wildman–Crippen LogP) is 1.89. The first-order valence-corrected chi connectivity index (χ1v) is 6.78. The van der Waals surface area contributed by atoms with Crippen molar-refractivity contribution in [1.29, 1.82) is 5.26 Å². The van der Waals surface area contributed by atoms with Crippen molar-refractivity contribution in [2.75, 3.05) is 19.8 Å². The van der Waals surface area contributed by atoms with Gasteiger partial charge in [-0.15, -0.1) is 0 Å². The number of nitrogens with zero attached hydrogens (tertiary/aromatic N) is 1. The van der Waals surface area contributed by atoms with Crippen LogP contribution in [-0.4, -0.2) is 31.6 Å². The zero-order valence-corrected chi connectivity index (χ0v) is 12.1. The van der Waals surface area contributed by atoms with Gasteiger partial charge in [0.2, 0.25) is 0 Å². The monoisotopic (exact) mass is 301 g/mol. The van der Waals surface area contributed by atoms with Crippen molar-refractivity contribution in [3.8, 4) is 17.6 Å². The molecule has 2 rings (SSSR count). The third-order valence-corrected chi connectivity index (χ3v) is 2.92. The standard InChI is InChI=1S/C16H15NO5/c1-11(18)13(16(19)22-6-2-5-17)9-12-3-4-14-15(10-12)21-8-7-20-14/h3-4,9-10H,2,6-8H2,1H3/b13-9+. The number of nitriles is 1. The molecule has 6 heteroatoms. The Bertz CT molecular complexity index is 657. The van der Waals surface area contributed by atoms with Gasteiger partial charge in [0.25, 0.3) is 0 Å². The van der Waals surface area contributed by atoms with E-state index < -0.39 is 11.8 Å². The average Bonchev–Trinajstić information content (AvgIpc) is 2.52. The average molecular weight is 301 g/mol. The Balaban J connectivity index is 2.21. The molecule has 0 saturated carbocycles. The smallest absolute Gasteiger partial charge is 0.341 e. The molecule has 0 radical (unpaired) electrons. The fourth-order valence-electron chi connectivity index (χ4n) is 1.89. The molecule has 6 nitrogen and oxygen atoms in total. The largest absolute Gasteiger partial charge is 0.486 e. The summed E-state index contributed by atoms with van der Waals surface area (Å²) in [6.07, 6.45) is 1.52. The normalized spacial score (nSPS) is 13.2. The number of Topliss-reactive ketones (excluding diaryl/α,β-unsaturated/α-hetero) is 1. The fraction of sp³-hybridized carbons (Fsp3) is 0.312. The molecule has 1 aliphatic heterocycles. The van der Waals surface area contributed by atoms with Gasteiger partial charge in [-0.2, -0.15) is 5.26 Å². The van der Waals surface area contributed by atoms with Crippen LogP contribution in [0.15, 0.2) is 23.8 Å². The maximum absolute atomic E-state index is 11.9. The quantitative estimate of drug-likeness (QED) is 0.271. The molecule has 22 heavy (non-hydrogen) atoms. The molecule has 114 valence electrons. The van der Waals surface area contributed by atoms with E-state index in [1.807, 2.05) is 6.07 Å². The minimum atomic E-state index is -0.738. The third-order valence-electron chi connectivity index (χ3n) is 2.92. The molecule has 0 atom stereocenters. The molecule has 0 aromatic heterocycles. The van der Waals surface area contributed by atoms with Gasteiger partial charge in [-0.3, -0.25) is 4.79 Å². The van der Waals surface area contributed by atoms with Crippen LogP contribution in [-0.2, 0) is 14.3 Å². The van der Waals surface area contributed by atoms with Crippen molar-refractivity contribution in [2.45, 2.75) is 13.3 Å². The highest BCUT2D eigenvalue weighted by molar-refractivity contribution is 6.19. The van der Waals surface area contributed by atoms with E-state index in [1.54, 1.807) is 18.2 Å². The van der Waals surface area contributed by atoms with Crippen LogP contribution < -0.4 is 9.47 Å². The van der Waals surface area contributed by atoms with E-state index in [9.17, 15) is 9.59 Å². The topological polar surface area (TPSA) is 85.6 Å². The van der Waals surface area contributed by atoms with Crippen LogP contribution in [0.2, 0.25) is 0 Å². The first-order valence-electron chi connectivity index (χ1n) is 6.78. The Hall–Kier alpha value is -2.81. The molecule has 1 aromatic carbocycles. The van der Waals surface area contributed by atoms with Gasteiger partial charge in [-0.05, 0) is 30.7 Å². The number of ether oxygens (including phenoxy) is 3. The van der Waals surface area contributed by atoms with E-state index in [0.717, 1.165) is 0 Å². The zero-order chi connectivity index (χ0) is 15.9. The van der Waals surface area contributed by atoms with Crippen molar-refractivity contribution in [1.82, 2.24) is 0 Å². The van der Waals surface area contributed by atoms with Gasteiger partial charge in [0.05, 0.1) is 12.5 Å². The van der Waals surface area contributed by atoms with Crippen LogP contribution in [0.4, 0.5) is 0 Å². The molecule has 0 spiro atoms. The number of benzene rings is 1. The third kappa shape index (κ3) is 3.85. The second-order valence-electron chi connectivity index (χ2n) is 4.56. The van der Waals surface area contributed by atoms with Crippen LogP contribution in [0.1, 0.15) is 18.9 Å². The van der Waals surface area contributed by atoms with Gasteiger partial charge in [0.1, 0.15) is 25.4 Å². The highest BCUT2D eigenvalue weighted by Crippen LogP contribution is 2.31. The van der Waals surface area contributed by atoms with Crippen molar-refractivity contribution >= 4 is 17.8 Å². The van der Waals surface area contributed by atoms with Crippen molar-refractivity contribution in [2.24, 2.45) is 0 Å². The summed E-state index contributed by atoms with van der Waals surface area (Å²) in [5, 5.41) is 8.43. The molecule has 0 fully saturated rings. The zero-order valence-electron chi connectivity index (χ0n) is 12.1. The molecular weight excluding hydrogens is 286 g/mol. The van der Waals surface area contributed by atoms with Crippen molar-refractivity contribution in [3.05, 3.63) is 29.3 Å². The van der Waals surface area contributed by atoms with E-state index in [-0.39, 0.29) is 18.6 Å². The summed E-state index contributed by atoms with van der Waals surface area (Å²) in [5.41, 5.74) is 0.557. The number of esters is 1. The lowest BCUT2D eigenvalue weighted by molar-refractivity contribution is -0.140. The summed E-state index contributed by atoms with van der Waals surface area (Å²) >= 11 is 0. The molecule has 0 bridgehead atoms. The van der Waals surface area contributed by atoms with Crippen LogP contribution >= 0.6 is 0 Å². The summed E-state index contributed by atoms with van der Waals surface area (Å²) in [6.45, 7) is 2.19. The van der Waals surface area contributed by atoms with Crippen LogP contribution in [0.5, 0.6) is 11.5 Å². The first-order chi connectivity index (χ1) is 10.6. The lowest BCUT2D eigenvalue weighted by atomic mass is 10.1. The van der Waals surface area contributed by atoms with Crippen LogP contribution in [0.3, 0.4) is 0 Å². The molecule has 1 heterocycles. The van der Waals surface area contributed by atoms with Gasteiger partial charge < -0.3 is 14.2 Å². The van der Waals surface area contributed by atoms with E-state index in [2.05, 4.69) is 0 Å². The Morgan fingerprint density at radius 2 is 2.05 bits per heavy atom. The number of carbonyl (C=O) groups excluding carboxylic acids is 2. The van der Waals surface area contributed by atoms with Gasteiger partial charge in [0, 0.05) is 0 Å². The summed E-state index contributed by atoms with van der Waals surface area (Å²) in [4.78, 5) is 23.5. The van der Waals surface area contributed by atoms with Crippen LogP contribution in [0.25, 0.3) is 6.08 Å². The summed E-state index contributed by atoms with van der Waals surface area (Å²) < 4.78 is 15.7. The molecule has 0 aliphatic carbocycles. The Kier molecular flexibility index (Phi) is 5.15. The van der Waals surface area contributed by atoms with E-state index in [1.165, 1.54) is 13.0 Å². The van der Waals surface area contributed by atoms with E-state index in [0.29, 0.717) is 30.3 Å².